The minimum atomic E-state index is -0.347. The molecule has 0 amide bonds. The van der Waals surface area contributed by atoms with E-state index < -0.39 is 0 Å². The molecule has 0 spiro atoms. The molecule has 2 aromatic carbocycles. The van der Waals surface area contributed by atoms with E-state index in [1.54, 1.807) is 0 Å². The van der Waals surface area contributed by atoms with E-state index in [9.17, 15) is 0 Å². The normalized spacial score (nSPS) is 12.3. The summed E-state index contributed by atoms with van der Waals surface area (Å²) < 4.78 is 5.47. The molecule has 1 aromatic heterocycles. The van der Waals surface area contributed by atoms with Crippen molar-refractivity contribution in [2.75, 3.05) is 6.61 Å². The predicted octanol–water partition coefficient (Wildman–Crippen LogP) is 3.82. The van der Waals surface area contributed by atoms with E-state index in [1.165, 1.54) is 0 Å². The molecule has 4 nitrogen and oxygen atoms in total. The largest absolute Gasteiger partial charge is 0.494 e. The number of rotatable bonds is 5. The van der Waals surface area contributed by atoms with Crippen LogP contribution in [0.25, 0.3) is 10.9 Å². The van der Waals surface area contributed by atoms with Gasteiger partial charge < -0.3 is 10.5 Å². The van der Waals surface area contributed by atoms with Gasteiger partial charge in [0.1, 0.15) is 11.6 Å². The first kappa shape index (κ1) is 15.7. The van der Waals surface area contributed by atoms with Crippen molar-refractivity contribution in [2.45, 2.75) is 18.8 Å². The Bertz CT molecular complexity index is 805. The number of halogens is 1. The first-order valence-corrected chi connectivity index (χ1v) is 8.06. The van der Waals surface area contributed by atoms with Gasteiger partial charge in [-0.3, -0.25) is 0 Å². The molecule has 0 aliphatic heterocycles. The van der Waals surface area contributed by atoms with Crippen LogP contribution in [0.1, 0.15) is 30.0 Å². The average molecular weight is 328 g/mol. The summed E-state index contributed by atoms with van der Waals surface area (Å²) in [7, 11) is 0. The second-order valence-corrected chi connectivity index (χ2v) is 5.42. The van der Waals surface area contributed by atoms with Crippen molar-refractivity contribution in [1.82, 2.24) is 9.97 Å². The number of alkyl halides is 1. The molecule has 0 aliphatic carbocycles. The van der Waals surface area contributed by atoms with Crippen molar-refractivity contribution in [1.29, 1.82) is 0 Å². The number of para-hydroxylation sites is 1. The van der Waals surface area contributed by atoms with Gasteiger partial charge in [0.05, 0.1) is 29.7 Å². The molecule has 1 unspecified atom stereocenters. The third-order valence-electron chi connectivity index (χ3n) is 3.64. The molecule has 118 valence electrons. The third-order valence-corrected chi connectivity index (χ3v) is 3.88. The third kappa shape index (κ3) is 3.28. The fraction of sp³-hybridized carbons (Fsp3) is 0.222. The maximum absolute atomic E-state index is 6.46. The van der Waals surface area contributed by atoms with Gasteiger partial charge in [-0.1, -0.05) is 30.3 Å². The lowest BCUT2D eigenvalue weighted by Gasteiger charge is -2.15. The van der Waals surface area contributed by atoms with E-state index in [2.05, 4.69) is 9.97 Å². The molecule has 23 heavy (non-hydrogen) atoms. The van der Waals surface area contributed by atoms with Gasteiger partial charge in [0.2, 0.25) is 0 Å². The van der Waals surface area contributed by atoms with Crippen LogP contribution < -0.4 is 10.5 Å². The van der Waals surface area contributed by atoms with Gasteiger partial charge in [-0.2, -0.15) is 0 Å². The highest BCUT2D eigenvalue weighted by Crippen LogP contribution is 2.26. The number of hydrogen-bond donors (Lipinski definition) is 1. The van der Waals surface area contributed by atoms with Gasteiger partial charge in [0, 0.05) is 5.39 Å². The van der Waals surface area contributed by atoms with Crippen LogP contribution in [0.15, 0.2) is 48.5 Å². The van der Waals surface area contributed by atoms with Crippen molar-refractivity contribution in [3.8, 4) is 5.75 Å². The molecule has 5 heteroatoms. The molecule has 3 rings (SSSR count). The Labute approximate surface area is 140 Å². The van der Waals surface area contributed by atoms with Gasteiger partial charge in [-0.15, -0.1) is 11.6 Å². The summed E-state index contributed by atoms with van der Waals surface area (Å²) in [5.41, 5.74) is 9.07. The lowest BCUT2D eigenvalue weighted by molar-refractivity contribution is 0.340. The number of nitrogens with two attached hydrogens (primary N) is 1. The Morgan fingerprint density at radius 2 is 1.83 bits per heavy atom. The molecule has 3 aromatic rings. The Morgan fingerprint density at radius 1 is 1.09 bits per heavy atom. The van der Waals surface area contributed by atoms with Crippen LogP contribution in [-0.2, 0) is 5.88 Å². The van der Waals surface area contributed by atoms with Crippen LogP contribution in [0.3, 0.4) is 0 Å². The Hall–Kier alpha value is -2.17. The van der Waals surface area contributed by atoms with Gasteiger partial charge >= 0.3 is 0 Å². The number of benzene rings is 2. The molecule has 0 aliphatic rings. The lowest BCUT2D eigenvalue weighted by atomic mass is 10.0. The molecule has 0 saturated heterocycles. The highest BCUT2D eigenvalue weighted by atomic mass is 35.5. The Morgan fingerprint density at radius 3 is 2.52 bits per heavy atom. The summed E-state index contributed by atoms with van der Waals surface area (Å²) in [6.07, 6.45) is 0. The van der Waals surface area contributed by atoms with E-state index in [1.807, 2.05) is 55.5 Å². The van der Waals surface area contributed by atoms with Crippen LogP contribution in [0.2, 0.25) is 0 Å². The van der Waals surface area contributed by atoms with E-state index >= 15 is 0 Å². The average Bonchev–Trinajstić information content (AvgIpc) is 2.61. The lowest BCUT2D eigenvalue weighted by Crippen LogP contribution is -2.15. The van der Waals surface area contributed by atoms with Gasteiger partial charge in [0.25, 0.3) is 0 Å². The van der Waals surface area contributed by atoms with Gasteiger partial charge in [0.15, 0.2) is 0 Å². The second-order valence-electron chi connectivity index (χ2n) is 5.16. The summed E-state index contributed by atoms with van der Waals surface area (Å²) in [6, 6.07) is 15.3. The molecular weight excluding hydrogens is 310 g/mol. The molecule has 2 N–H and O–H groups in total. The van der Waals surface area contributed by atoms with Crippen molar-refractivity contribution in [2.24, 2.45) is 5.73 Å². The maximum Gasteiger partial charge on any atom is 0.144 e. The second kappa shape index (κ2) is 6.94. The first-order chi connectivity index (χ1) is 11.2. The Balaban J connectivity index is 2.04. The van der Waals surface area contributed by atoms with Crippen molar-refractivity contribution in [3.05, 3.63) is 65.6 Å². The van der Waals surface area contributed by atoms with Crippen molar-refractivity contribution < 1.29 is 4.74 Å². The fourth-order valence-corrected chi connectivity index (χ4v) is 2.66. The highest BCUT2D eigenvalue weighted by molar-refractivity contribution is 6.16. The first-order valence-electron chi connectivity index (χ1n) is 7.52. The molecule has 0 bridgehead atoms. The van der Waals surface area contributed by atoms with Crippen LogP contribution in [-0.4, -0.2) is 16.6 Å². The molecule has 0 saturated carbocycles. The molecule has 0 radical (unpaired) electrons. The number of aromatic nitrogens is 2. The van der Waals surface area contributed by atoms with Crippen LogP contribution in [0.5, 0.6) is 5.75 Å². The number of fused-ring (bicyclic) bond motifs is 1. The number of nitrogens with zero attached hydrogens (tertiary/aromatic N) is 2. The van der Waals surface area contributed by atoms with Crippen LogP contribution in [0, 0.1) is 0 Å². The number of ether oxygens (including phenoxy) is 1. The fourth-order valence-electron chi connectivity index (χ4n) is 2.54. The van der Waals surface area contributed by atoms with Crippen molar-refractivity contribution in [3.63, 3.8) is 0 Å². The minimum absolute atomic E-state index is 0.258. The molecule has 1 heterocycles. The smallest absolute Gasteiger partial charge is 0.144 e. The van der Waals surface area contributed by atoms with Crippen LogP contribution >= 0.6 is 11.6 Å². The van der Waals surface area contributed by atoms with E-state index in [0.29, 0.717) is 12.4 Å². The molecule has 0 fully saturated rings. The zero-order chi connectivity index (χ0) is 16.2. The van der Waals surface area contributed by atoms with Crippen molar-refractivity contribution >= 4 is 22.5 Å². The summed E-state index contributed by atoms with van der Waals surface area (Å²) in [5.74, 6) is 1.67. The topological polar surface area (TPSA) is 61.0 Å². The summed E-state index contributed by atoms with van der Waals surface area (Å²) in [4.78, 5) is 9.01. The van der Waals surface area contributed by atoms with Gasteiger partial charge in [-0.25, -0.2) is 9.97 Å². The molecule has 1 atom stereocenters. The monoisotopic (exact) mass is 327 g/mol. The summed E-state index contributed by atoms with van der Waals surface area (Å²) >= 11 is 5.92. The highest BCUT2D eigenvalue weighted by Gasteiger charge is 2.16. The standard InChI is InChI=1S/C18H18ClN3O/c1-2-23-13-9-7-12(8-10-13)17(20)18-14-5-3-4-6-15(14)21-16(11-19)22-18/h3-10,17H,2,11,20H2,1H3. The van der Waals surface area contributed by atoms with E-state index in [4.69, 9.17) is 22.1 Å². The zero-order valence-corrected chi connectivity index (χ0v) is 13.6. The SMILES string of the molecule is CCOc1ccc(C(N)c2nc(CCl)nc3ccccc23)cc1. The maximum atomic E-state index is 6.46. The molecular formula is C18H18ClN3O. The minimum Gasteiger partial charge on any atom is -0.494 e. The zero-order valence-electron chi connectivity index (χ0n) is 12.9. The number of hydrogen-bond acceptors (Lipinski definition) is 4. The Kier molecular flexibility index (Phi) is 4.74. The quantitative estimate of drug-likeness (QED) is 0.724. The summed E-state index contributed by atoms with van der Waals surface area (Å²) in [6.45, 7) is 2.60. The van der Waals surface area contributed by atoms with Gasteiger partial charge in [-0.05, 0) is 30.7 Å². The van der Waals surface area contributed by atoms with E-state index in [-0.39, 0.29) is 11.9 Å². The van der Waals surface area contributed by atoms with E-state index in [0.717, 1.165) is 27.9 Å². The summed E-state index contributed by atoms with van der Waals surface area (Å²) in [5, 5.41) is 0.947. The predicted molar refractivity (Wildman–Crippen MR) is 92.7 cm³/mol. The van der Waals surface area contributed by atoms with Crippen LogP contribution in [0.4, 0.5) is 0 Å².